The Morgan fingerprint density at radius 3 is 2.81 bits per heavy atom. The number of benzene rings is 1. The van der Waals surface area contributed by atoms with Gasteiger partial charge in [-0.3, -0.25) is 10.1 Å². The van der Waals surface area contributed by atoms with E-state index in [0.29, 0.717) is 6.54 Å². The molecule has 1 fully saturated rings. The van der Waals surface area contributed by atoms with Gasteiger partial charge in [0.1, 0.15) is 17.1 Å². The van der Waals surface area contributed by atoms with Crippen LogP contribution in [-0.2, 0) is 0 Å². The van der Waals surface area contributed by atoms with Crippen molar-refractivity contribution in [2.24, 2.45) is 0 Å². The first kappa shape index (κ1) is 15.2. The van der Waals surface area contributed by atoms with E-state index in [1.54, 1.807) is 0 Å². The number of carboxylic acids is 1. The normalized spacial score (nSPS) is 18.6. The summed E-state index contributed by atoms with van der Waals surface area (Å²) >= 11 is 0. The zero-order chi connectivity index (χ0) is 15.6. The molecule has 1 unspecified atom stereocenters. The number of carbonyl (C=O) groups is 1. The molecule has 6 nitrogen and oxygen atoms in total. The third kappa shape index (κ3) is 2.96. The Morgan fingerprint density at radius 1 is 1.52 bits per heavy atom. The molecular weight excluding hydrogens is 279 g/mol. The van der Waals surface area contributed by atoms with Gasteiger partial charge in [-0.2, -0.15) is 0 Å². The number of carboxylic acid groups (broad SMARTS) is 1. The zero-order valence-electron chi connectivity index (χ0n) is 11.7. The van der Waals surface area contributed by atoms with Crippen molar-refractivity contribution in [2.75, 3.05) is 11.4 Å². The fourth-order valence-corrected chi connectivity index (χ4v) is 2.83. The molecule has 0 bridgehead atoms. The van der Waals surface area contributed by atoms with Gasteiger partial charge in [0, 0.05) is 24.7 Å². The summed E-state index contributed by atoms with van der Waals surface area (Å²) in [5, 5.41) is 20.1. The van der Waals surface area contributed by atoms with Crippen molar-refractivity contribution >= 4 is 17.3 Å². The van der Waals surface area contributed by atoms with Gasteiger partial charge in [-0.15, -0.1) is 0 Å². The first-order chi connectivity index (χ1) is 9.95. The summed E-state index contributed by atoms with van der Waals surface area (Å²) in [4.78, 5) is 23.3. The van der Waals surface area contributed by atoms with E-state index in [2.05, 4.69) is 0 Å². The van der Waals surface area contributed by atoms with Crippen LogP contribution in [0.4, 0.5) is 15.8 Å². The van der Waals surface area contributed by atoms with Crippen molar-refractivity contribution in [2.45, 2.75) is 38.6 Å². The van der Waals surface area contributed by atoms with Crippen molar-refractivity contribution in [3.8, 4) is 0 Å². The Kier molecular flexibility index (Phi) is 4.40. The predicted molar refractivity (Wildman–Crippen MR) is 75.3 cm³/mol. The van der Waals surface area contributed by atoms with E-state index >= 15 is 0 Å². The molecule has 0 amide bonds. The second-order valence-electron chi connectivity index (χ2n) is 5.13. The molecule has 1 aromatic carbocycles. The van der Waals surface area contributed by atoms with E-state index in [4.69, 9.17) is 5.11 Å². The van der Waals surface area contributed by atoms with Gasteiger partial charge in [-0.05, 0) is 25.7 Å². The van der Waals surface area contributed by atoms with Crippen molar-refractivity contribution in [3.63, 3.8) is 0 Å². The molecule has 1 N–H and O–H groups in total. The van der Waals surface area contributed by atoms with Crippen LogP contribution in [0.5, 0.6) is 0 Å². The minimum Gasteiger partial charge on any atom is -0.478 e. The monoisotopic (exact) mass is 296 g/mol. The number of hydrogen-bond donors (Lipinski definition) is 1. The van der Waals surface area contributed by atoms with Gasteiger partial charge in [0.2, 0.25) is 0 Å². The van der Waals surface area contributed by atoms with Crippen LogP contribution in [0.25, 0.3) is 0 Å². The fourth-order valence-electron chi connectivity index (χ4n) is 2.83. The van der Waals surface area contributed by atoms with Crippen LogP contribution in [0.1, 0.15) is 43.0 Å². The lowest BCUT2D eigenvalue weighted by Crippen LogP contribution is -2.39. The van der Waals surface area contributed by atoms with E-state index in [1.165, 1.54) is 0 Å². The van der Waals surface area contributed by atoms with Gasteiger partial charge >= 0.3 is 5.97 Å². The van der Waals surface area contributed by atoms with Gasteiger partial charge in [-0.1, -0.05) is 6.92 Å². The van der Waals surface area contributed by atoms with Gasteiger partial charge in [0.15, 0.2) is 0 Å². The molecule has 1 atom stereocenters. The SMILES string of the molecule is CCC1CCCCN1c1cc(F)c(C(=O)O)cc1[N+](=O)[O-]. The van der Waals surface area contributed by atoms with Gasteiger partial charge < -0.3 is 10.0 Å². The molecule has 0 spiro atoms. The number of halogens is 1. The maximum atomic E-state index is 13.9. The van der Waals surface area contributed by atoms with Crippen molar-refractivity contribution in [1.82, 2.24) is 0 Å². The average Bonchev–Trinajstić information content (AvgIpc) is 2.46. The Labute approximate surface area is 121 Å². The first-order valence-electron chi connectivity index (χ1n) is 6.93. The van der Waals surface area contributed by atoms with E-state index in [-0.39, 0.29) is 17.4 Å². The highest BCUT2D eigenvalue weighted by atomic mass is 19.1. The summed E-state index contributed by atoms with van der Waals surface area (Å²) in [5.74, 6) is -2.45. The molecular formula is C14H17FN2O4. The molecule has 0 saturated carbocycles. The minimum absolute atomic E-state index is 0.118. The Morgan fingerprint density at radius 2 is 2.24 bits per heavy atom. The van der Waals surface area contributed by atoms with Crippen LogP contribution in [0, 0.1) is 15.9 Å². The number of nitro benzene ring substituents is 1. The molecule has 1 aliphatic rings. The Hall–Kier alpha value is -2.18. The summed E-state index contributed by atoms with van der Waals surface area (Å²) < 4.78 is 13.9. The Bertz CT molecular complexity index is 576. The third-order valence-electron chi connectivity index (χ3n) is 3.90. The number of nitro groups is 1. The highest BCUT2D eigenvalue weighted by molar-refractivity contribution is 5.90. The van der Waals surface area contributed by atoms with E-state index in [1.807, 2.05) is 11.8 Å². The smallest absolute Gasteiger partial charge is 0.338 e. The summed E-state index contributed by atoms with van der Waals surface area (Å²) in [6.07, 6.45) is 3.63. The quantitative estimate of drug-likeness (QED) is 0.681. The van der Waals surface area contributed by atoms with Crippen molar-refractivity contribution < 1.29 is 19.2 Å². The third-order valence-corrected chi connectivity index (χ3v) is 3.90. The van der Waals surface area contributed by atoms with Crippen molar-refractivity contribution in [3.05, 3.63) is 33.6 Å². The van der Waals surface area contributed by atoms with Crippen LogP contribution in [0.3, 0.4) is 0 Å². The lowest BCUT2D eigenvalue weighted by Gasteiger charge is -2.36. The lowest BCUT2D eigenvalue weighted by atomic mass is 9.98. The first-order valence-corrected chi connectivity index (χ1v) is 6.93. The zero-order valence-corrected chi connectivity index (χ0v) is 11.7. The molecule has 2 rings (SSSR count). The largest absolute Gasteiger partial charge is 0.478 e. The lowest BCUT2D eigenvalue weighted by molar-refractivity contribution is -0.384. The number of nitrogens with zero attached hydrogens (tertiary/aromatic N) is 2. The van der Waals surface area contributed by atoms with Crippen LogP contribution in [0.15, 0.2) is 12.1 Å². The minimum atomic E-state index is -1.51. The van der Waals surface area contributed by atoms with Gasteiger partial charge in [0.25, 0.3) is 5.69 Å². The molecule has 21 heavy (non-hydrogen) atoms. The molecule has 1 aromatic rings. The highest BCUT2D eigenvalue weighted by Crippen LogP contribution is 2.35. The number of rotatable bonds is 4. The van der Waals surface area contributed by atoms with Gasteiger partial charge in [-0.25, -0.2) is 9.18 Å². The predicted octanol–water partition coefficient (Wildman–Crippen LogP) is 3.20. The maximum Gasteiger partial charge on any atom is 0.338 e. The standard InChI is InChI=1S/C14H17FN2O4/c1-2-9-5-3-4-6-16(9)12-8-11(15)10(14(18)19)7-13(12)17(20)21/h7-9H,2-6H2,1H3,(H,18,19). The molecule has 114 valence electrons. The Balaban J connectivity index is 2.53. The number of anilines is 1. The molecule has 0 radical (unpaired) electrons. The molecule has 1 heterocycles. The average molecular weight is 296 g/mol. The highest BCUT2D eigenvalue weighted by Gasteiger charge is 2.29. The van der Waals surface area contributed by atoms with Crippen LogP contribution in [-0.4, -0.2) is 28.6 Å². The van der Waals surface area contributed by atoms with Crippen LogP contribution >= 0.6 is 0 Å². The number of piperidine rings is 1. The molecule has 1 aliphatic heterocycles. The van der Waals surface area contributed by atoms with Gasteiger partial charge in [0.05, 0.1) is 4.92 Å². The van der Waals surface area contributed by atoms with E-state index in [0.717, 1.165) is 37.8 Å². The summed E-state index contributed by atoms with van der Waals surface area (Å²) in [6, 6.07) is 1.91. The molecule has 7 heteroatoms. The topological polar surface area (TPSA) is 83.7 Å². The molecule has 0 aliphatic carbocycles. The summed E-state index contributed by atoms with van der Waals surface area (Å²) in [5.41, 5.74) is -0.848. The molecule has 1 saturated heterocycles. The summed E-state index contributed by atoms with van der Waals surface area (Å²) in [7, 11) is 0. The number of hydrogen-bond acceptors (Lipinski definition) is 4. The van der Waals surface area contributed by atoms with Crippen molar-refractivity contribution in [1.29, 1.82) is 0 Å². The van der Waals surface area contributed by atoms with Crippen LogP contribution < -0.4 is 4.90 Å². The van der Waals surface area contributed by atoms with E-state index < -0.39 is 22.3 Å². The molecule has 0 aromatic heterocycles. The maximum absolute atomic E-state index is 13.9. The fraction of sp³-hybridized carbons (Fsp3) is 0.500. The second-order valence-corrected chi connectivity index (χ2v) is 5.13. The number of aromatic carboxylic acids is 1. The van der Waals surface area contributed by atoms with Crippen LogP contribution in [0.2, 0.25) is 0 Å². The van der Waals surface area contributed by atoms with E-state index in [9.17, 15) is 19.3 Å². The second kappa shape index (κ2) is 6.07. The summed E-state index contributed by atoms with van der Waals surface area (Å²) in [6.45, 7) is 2.60.